The van der Waals surface area contributed by atoms with Gasteiger partial charge in [-0.25, -0.2) is 9.67 Å². The quantitative estimate of drug-likeness (QED) is 0.483. The predicted molar refractivity (Wildman–Crippen MR) is 111 cm³/mol. The molecule has 0 aliphatic heterocycles. The first-order chi connectivity index (χ1) is 13.7. The van der Waals surface area contributed by atoms with Crippen molar-refractivity contribution in [3.63, 3.8) is 0 Å². The van der Waals surface area contributed by atoms with Crippen LogP contribution in [-0.2, 0) is 6.54 Å². The predicted octanol–water partition coefficient (Wildman–Crippen LogP) is 4.09. The Morgan fingerprint density at radius 3 is 2.54 bits per heavy atom. The van der Waals surface area contributed by atoms with Crippen LogP contribution in [0.1, 0.15) is 11.1 Å². The summed E-state index contributed by atoms with van der Waals surface area (Å²) in [4.78, 5) is 17.6. The van der Waals surface area contributed by atoms with Gasteiger partial charge >= 0.3 is 0 Å². The molecule has 0 aliphatic carbocycles. The Labute approximate surface area is 161 Å². The molecule has 0 aliphatic rings. The Morgan fingerprint density at radius 2 is 1.68 bits per heavy atom. The van der Waals surface area contributed by atoms with Gasteiger partial charge in [0.2, 0.25) is 0 Å². The van der Waals surface area contributed by atoms with Crippen LogP contribution in [0.25, 0.3) is 27.5 Å². The van der Waals surface area contributed by atoms with Crippen LogP contribution in [0.4, 0.5) is 0 Å². The average molecular weight is 366 g/mol. The number of hydrogen-bond donors (Lipinski definition) is 0. The molecule has 0 unspecified atom stereocenters. The van der Waals surface area contributed by atoms with Crippen molar-refractivity contribution >= 4 is 21.8 Å². The summed E-state index contributed by atoms with van der Waals surface area (Å²) in [7, 11) is 0. The molecule has 0 fully saturated rings. The maximum Gasteiger partial charge on any atom is 0.264 e. The number of aromatic nitrogens is 4. The van der Waals surface area contributed by atoms with Gasteiger partial charge in [0.25, 0.3) is 5.56 Å². The van der Waals surface area contributed by atoms with Crippen molar-refractivity contribution in [2.45, 2.75) is 13.5 Å². The number of fused-ring (bicyclic) bond motifs is 2. The van der Waals surface area contributed by atoms with E-state index in [1.54, 1.807) is 21.8 Å². The minimum atomic E-state index is -0.0868. The lowest BCUT2D eigenvalue weighted by Gasteiger charge is -2.09. The summed E-state index contributed by atoms with van der Waals surface area (Å²) in [5.74, 6) is 0. The van der Waals surface area contributed by atoms with E-state index in [0.717, 1.165) is 22.0 Å². The number of benzene rings is 3. The molecule has 3 aromatic carbocycles. The lowest BCUT2D eigenvalue weighted by atomic mass is 10.0. The molecular weight excluding hydrogens is 348 g/mol. The number of nitrogens with zero attached hydrogens (tertiary/aromatic N) is 4. The first-order valence-electron chi connectivity index (χ1n) is 9.17. The van der Waals surface area contributed by atoms with Crippen LogP contribution in [0.3, 0.4) is 0 Å². The van der Waals surface area contributed by atoms with Crippen LogP contribution < -0.4 is 5.56 Å². The summed E-state index contributed by atoms with van der Waals surface area (Å²) in [5, 5.41) is 7.22. The molecule has 5 nitrogen and oxygen atoms in total. The summed E-state index contributed by atoms with van der Waals surface area (Å²) in [6, 6.07) is 22.3. The third-order valence-corrected chi connectivity index (χ3v) is 5.05. The fourth-order valence-corrected chi connectivity index (χ4v) is 3.55. The SMILES string of the molecule is Cc1ccc(-n2ncc3c(=O)n(Cc4cccc5ccccc45)cnc32)cc1. The summed E-state index contributed by atoms with van der Waals surface area (Å²) in [6.45, 7) is 2.51. The molecule has 0 spiro atoms. The molecule has 2 heterocycles. The highest BCUT2D eigenvalue weighted by molar-refractivity contribution is 5.85. The third-order valence-electron chi connectivity index (χ3n) is 5.05. The van der Waals surface area contributed by atoms with E-state index >= 15 is 0 Å². The van der Waals surface area contributed by atoms with E-state index in [1.807, 2.05) is 49.4 Å². The minimum Gasteiger partial charge on any atom is -0.294 e. The molecule has 0 radical (unpaired) electrons. The lowest BCUT2D eigenvalue weighted by Crippen LogP contribution is -2.21. The Morgan fingerprint density at radius 1 is 0.893 bits per heavy atom. The molecule has 0 atom stereocenters. The van der Waals surface area contributed by atoms with E-state index < -0.39 is 0 Å². The van der Waals surface area contributed by atoms with Gasteiger partial charge in [0, 0.05) is 0 Å². The van der Waals surface area contributed by atoms with Gasteiger partial charge in [0.05, 0.1) is 18.4 Å². The van der Waals surface area contributed by atoms with Gasteiger partial charge in [-0.05, 0) is 35.4 Å². The maximum atomic E-state index is 13.0. The van der Waals surface area contributed by atoms with Crippen LogP contribution in [-0.4, -0.2) is 19.3 Å². The van der Waals surface area contributed by atoms with Crippen LogP contribution in [0.5, 0.6) is 0 Å². The highest BCUT2D eigenvalue weighted by Gasteiger charge is 2.12. The van der Waals surface area contributed by atoms with Gasteiger partial charge in [0.1, 0.15) is 11.7 Å². The van der Waals surface area contributed by atoms with Crippen molar-refractivity contribution in [3.05, 3.63) is 101 Å². The summed E-state index contributed by atoms with van der Waals surface area (Å²) < 4.78 is 3.35. The Balaban J connectivity index is 1.59. The zero-order valence-corrected chi connectivity index (χ0v) is 15.4. The summed E-state index contributed by atoms with van der Waals surface area (Å²) >= 11 is 0. The van der Waals surface area contributed by atoms with Crippen LogP contribution in [0, 0.1) is 6.92 Å². The molecule has 0 N–H and O–H groups in total. The van der Waals surface area contributed by atoms with Gasteiger partial charge in [-0.1, -0.05) is 60.2 Å². The first-order valence-corrected chi connectivity index (χ1v) is 9.17. The summed E-state index contributed by atoms with van der Waals surface area (Å²) in [5.41, 5.74) is 3.64. The number of hydrogen-bond acceptors (Lipinski definition) is 3. The second-order valence-electron chi connectivity index (χ2n) is 6.95. The average Bonchev–Trinajstić information content (AvgIpc) is 3.16. The van der Waals surface area contributed by atoms with E-state index in [0.29, 0.717) is 17.6 Å². The van der Waals surface area contributed by atoms with Gasteiger partial charge in [-0.2, -0.15) is 5.10 Å². The fourth-order valence-electron chi connectivity index (χ4n) is 3.55. The minimum absolute atomic E-state index is 0.0868. The maximum absolute atomic E-state index is 13.0. The van der Waals surface area contributed by atoms with Gasteiger partial charge in [-0.15, -0.1) is 0 Å². The van der Waals surface area contributed by atoms with Gasteiger partial charge in [0.15, 0.2) is 5.65 Å². The highest BCUT2D eigenvalue weighted by atomic mass is 16.1. The van der Waals surface area contributed by atoms with E-state index in [9.17, 15) is 4.79 Å². The molecule has 5 heteroatoms. The zero-order valence-electron chi connectivity index (χ0n) is 15.4. The number of aryl methyl sites for hydroxylation is 1. The number of rotatable bonds is 3. The molecule has 28 heavy (non-hydrogen) atoms. The highest BCUT2D eigenvalue weighted by Crippen LogP contribution is 2.19. The molecule has 5 aromatic rings. The molecule has 2 aromatic heterocycles. The van der Waals surface area contributed by atoms with Crippen molar-refractivity contribution in [3.8, 4) is 5.69 Å². The topological polar surface area (TPSA) is 52.7 Å². The summed E-state index contributed by atoms with van der Waals surface area (Å²) in [6.07, 6.45) is 3.21. The van der Waals surface area contributed by atoms with E-state index in [-0.39, 0.29) is 5.56 Å². The third kappa shape index (κ3) is 2.68. The van der Waals surface area contributed by atoms with E-state index in [1.165, 1.54) is 5.56 Å². The zero-order chi connectivity index (χ0) is 19.1. The second kappa shape index (κ2) is 6.46. The van der Waals surface area contributed by atoms with E-state index in [4.69, 9.17) is 0 Å². The van der Waals surface area contributed by atoms with Crippen molar-refractivity contribution in [1.82, 2.24) is 19.3 Å². The largest absolute Gasteiger partial charge is 0.294 e. The van der Waals surface area contributed by atoms with Crippen LogP contribution in [0.15, 0.2) is 84.0 Å². The van der Waals surface area contributed by atoms with Crippen LogP contribution >= 0.6 is 0 Å². The standard InChI is InChI=1S/C23H18N4O/c1-16-9-11-19(12-10-16)27-22-21(13-25-27)23(28)26(15-24-22)14-18-7-4-6-17-5-2-3-8-20(17)18/h2-13,15H,14H2,1H3. The Hall–Kier alpha value is -3.73. The van der Waals surface area contributed by atoms with Gasteiger partial charge < -0.3 is 0 Å². The van der Waals surface area contributed by atoms with Gasteiger partial charge in [-0.3, -0.25) is 9.36 Å². The lowest BCUT2D eigenvalue weighted by molar-refractivity contribution is 0.749. The molecular formula is C23H18N4O. The van der Waals surface area contributed by atoms with E-state index in [2.05, 4.69) is 34.3 Å². The fraction of sp³-hybridized carbons (Fsp3) is 0.0870. The van der Waals surface area contributed by atoms with Crippen molar-refractivity contribution in [2.75, 3.05) is 0 Å². The monoisotopic (exact) mass is 366 g/mol. The molecule has 0 bridgehead atoms. The normalized spacial score (nSPS) is 11.3. The Kier molecular flexibility index (Phi) is 3.79. The molecule has 0 saturated heterocycles. The molecule has 5 rings (SSSR count). The second-order valence-corrected chi connectivity index (χ2v) is 6.95. The van der Waals surface area contributed by atoms with Crippen LogP contribution in [0.2, 0.25) is 0 Å². The van der Waals surface area contributed by atoms with Crippen molar-refractivity contribution in [2.24, 2.45) is 0 Å². The molecule has 0 amide bonds. The Bertz CT molecular complexity index is 1360. The van der Waals surface area contributed by atoms with Crippen molar-refractivity contribution in [1.29, 1.82) is 0 Å². The first kappa shape index (κ1) is 16.4. The smallest absolute Gasteiger partial charge is 0.264 e. The molecule has 136 valence electrons. The molecule has 0 saturated carbocycles. The van der Waals surface area contributed by atoms with Crippen molar-refractivity contribution < 1.29 is 0 Å².